The monoisotopic (exact) mass is 298 g/mol. The van der Waals surface area contributed by atoms with Crippen LogP contribution < -0.4 is 10.6 Å². The van der Waals surface area contributed by atoms with Crippen molar-refractivity contribution in [3.63, 3.8) is 0 Å². The molecule has 1 aromatic rings. The number of halogens is 1. The first-order chi connectivity index (χ1) is 7.94. The Morgan fingerprint density at radius 3 is 2.59 bits per heavy atom. The van der Waals surface area contributed by atoms with Gasteiger partial charge in [-0.25, -0.2) is 0 Å². The predicted molar refractivity (Wildman–Crippen MR) is 75.1 cm³/mol. The van der Waals surface area contributed by atoms with Crippen molar-refractivity contribution in [2.24, 2.45) is 0 Å². The average molecular weight is 299 g/mol. The smallest absolute Gasteiger partial charge is 0.238 e. The minimum Gasteiger partial charge on any atom is -0.324 e. The van der Waals surface area contributed by atoms with E-state index in [4.69, 9.17) is 0 Å². The zero-order chi connectivity index (χ0) is 12.9. The zero-order valence-corrected chi connectivity index (χ0v) is 12.1. The van der Waals surface area contributed by atoms with Crippen molar-refractivity contribution in [1.29, 1.82) is 0 Å². The summed E-state index contributed by atoms with van der Waals surface area (Å²) in [7, 11) is 0. The predicted octanol–water partition coefficient (Wildman–Crippen LogP) is 3.17. The van der Waals surface area contributed by atoms with Crippen molar-refractivity contribution in [2.75, 3.05) is 11.9 Å². The maximum atomic E-state index is 11.7. The second-order valence-corrected chi connectivity index (χ2v) is 5.47. The van der Waals surface area contributed by atoms with Crippen LogP contribution in [0.4, 0.5) is 5.69 Å². The first-order valence-electron chi connectivity index (χ1n) is 5.74. The van der Waals surface area contributed by atoms with Crippen molar-refractivity contribution in [2.45, 2.75) is 32.7 Å². The summed E-state index contributed by atoms with van der Waals surface area (Å²) >= 11 is 3.39. The molecule has 0 saturated heterocycles. The van der Waals surface area contributed by atoms with Crippen molar-refractivity contribution in [3.05, 3.63) is 28.7 Å². The Morgan fingerprint density at radius 1 is 1.35 bits per heavy atom. The number of amides is 1. The third kappa shape index (κ3) is 4.88. The Hall–Kier alpha value is -0.870. The molecule has 0 atom stereocenters. The van der Waals surface area contributed by atoms with E-state index < -0.39 is 0 Å². The number of nitrogens with one attached hydrogen (secondary N) is 2. The number of rotatable bonds is 5. The first-order valence-corrected chi connectivity index (χ1v) is 6.53. The van der Waals surface area contributed by atoms with Crippen LogP contribution in [-0.4, -0.2) is 18.0 Å². The van der Waals surface area contributed by atoms with Gasteiger partial charge in [0.2, 0.25) is 5.91 Å². The lowest BCUT2D eigenvalue weighted by Crippen LogP contribution is -2.43. The summed E-state index contributed by atoms with van der Waals surface area (Å²) in [5.41, 5.74) is 0.791. The number of hydrogen-bond donors (Lipinski definition) is 2. The molecule has 0 bridgehead atoms. The highest BCUT2D eigenvalue weighted by atomic mass is 79.9. The SMILES string of the molecule is CCC(C)(C)NCC(=O)Nc1ccccc1Br. The number of benzene rings is 1. The van der Waals surface area contributed by atoms with Gasteiger partial charge in [-0.15, -0.1) is 0 Å². The highest BCUT2D eigenvalue weighted by Gasteiger charge is 2.15. The molecule has 0 unspecified atom stereocenters. The van der Waals surface area contributed by atoms with Gasteiger partial charge in [0.05, 0.1) is 12.2 Å². The average Bonchev–Trinajstić information content (AvgIpc) is 2.30. The van der Waals surface area contributed by atoms with Crippen LogP contribution in [0.15, 0.2) is 28.7 Å². The van der Waals surface area contributed by atoms with Gasteiger partial charge in [0, 0.05) is 10.0 Å². The number of carbonyl (C=O) groups excluding carboxylic acids is 1. The lowest BCUT2D eigenvalue weighted by Gasteiger charge is -2.24. The van der Waals surface area contributed by atoms with Gasteiger partial charge in [0.15, 0.2) is 0 Å². The molecule has 0 aromatic heterocycles. The second kappa shape index (κ2) is 6.17. The molecule has 0 spiro atoms. The topological polar surface area (TPSA) is 41.1 Å². The fourth-order valence-electron chi connectivity index (χ4n) is 1.20. The molecule has 94 valence electrons. The lowest BCUT2D eigenvalue weighted by atomic mass is 10.0. The molecule has 0 heterocycles. The molecule has 0 aliphatic carbocycles. The molecule has 0 fully saturated rings. The summed E-state index contributed by atoms with van der Waals surface area (Å²) in [6.45, 7) is 6.58. The standard InChI is InChI=1S/C13H19BrN2O/c1-4-13(2,3)15-9-12(17)16-11-8-6-5-7-10(11)14/h5-8,15H,4,9H2,1-3H3,(H,16,17). The van der Waals surface area contributed by atoms with Crippen molar-refractivity contribution >= 4 is 27.5 Å². The van der Waals surface area contributed by atoms with Gasteiger partial charge in [-0.05, 0) is 48.3 Å². The molecule has 0 saturated carbocycles. The Labute approximate surface area is 111 Å². The molecule has 0 aliphatic rings. The third-order valence-corrected chi connectivity index (χ3v) is 3.45. The van der Waals surface area contributed by atoms with Crippen molar-refractivity contribution < 1.29 is 4.79 Å². The van der Waals surface area contributed by atoms with Crippen molar-refractivity contribution in [3.8, 4) is 0 Å². The van der Waals surface area contributed by atoms with Gasteiger partial charge >= 0.3 is 0 Å². The molecule has 2 N–H and O–H groups in total. The summed E-state index contributed by atoms with van der Waals surface area (Å²) in [6.07, 6.45) is 0.981. The van der Waals surface area contributed by atoms with Gasteiger partial charge in [-0.1, -0.05) is 19.1 Å². The quantitative estimate of drug-likeness (QED) is 0.877. The van der Waals surface area contributed by atoms with Crippen LogP contribution in [0, 0.1) is 0 Å². The van der Waals surface area contributed by atoms with E-state index in [0.717, 1.165) is 16.6 Å². The summed E-state index contributed by atoms with van der Waals surface area (Å²) in [6, 6.07) is 7.58. The van der Waals surface area contributed by atoms with E-state index in [1.807, 2.05) is 24.3 Å². The van der Waals surface area contributed by atoms with Crippen LogP contribution in [0.1, 0.15) is 27.2 Å². The Morgan fingerprint density at radius 2 is 2.00 bits per heavy atom. The molecular weight excluding hydrogens is 280 g/mol. The van der Waals surface area contributed by atoms with Crippen LogP contribution in [0.5, 0.6) is 0 Å². The zero-order valence-electron chi connectivity index (χ0n) is 10.5. The van der Waals surface area contributed by atoms with E-state index in [-0.39, 0.29) is 11.4 Å². The van der Waals surface area contributed by atoms with Crippen molar-refractivity contribution in [1.82, 2.24) is 5.32 Å². The van der Waals surface area contributed by atoms with Gasteiger partial charge in [-0.3, -0.25) is 4.79 Å². The van der Waals surface area contributed by atoms with Crippen LogP contribution in [-0.2, 0) is 4.79 Å². The minimum atomic E-state index is -0.0292. The van der Waals surface area contributed by atoms with Gasteiger partial charge < -0.3 is 10.6 Å². The summed E-state index contributed by atoms with van der Waals surface area (Å²) in [5.74, 6) is -0.0292. The minimum absolute atomic E-state index is 0.00867. The van der Waals surface area contributed by atoms with E-state index in [2.05, 4.69) is 47.3 Å². The summed E-state index contributed by atoms with van der Waals surface area (Å²) in [5, 5.41) is 6.08. The van der Waals surface area contributed by atoms with Crippen LogP contribution in [0.3, 0.4) is 0 Å². The molecule has 1 rings (SSSR count). The van der Waals surface area contributed by atoms with E-state index in [0.29, 0.717) is 6.54 Å². The molecule has 0 radical (unpaired) electrons. The Bertz CT molecular complexity index is 391. The van der Waals surface area contributed by atoms with Gasteiger partial charge in [0.1, 0.15) is 0 Å². The highest BCUT2D eigenvalue weighted by molar-refractivity contribution is 9.10. The summed E-state index contributed by atoms with van der Waals surface area (Å²) in [4.78, 5) is 11.7. The molecule has 1 amide bonds. The highest BCUT2D eigenvalue weighted by Crippen LogP contribution is 2.20. The molecule has 3 nitrogen and oxygen atoms in total. The largest absolute Gasteiger partial charge is 0.324 e. The fraction of sp³-hybridized carbons (Fsp3) is 0.462. The van der Waals surface area contributed by atoms with E-state index >= 15 is 0 Å². The van der Waals surface area contributed by atoms with E-state index in [9.17, 15) is 4.79 Å². The Kier molecular flexibility index (Phi) is 5.15. The number of carbonyl (C=O) groups is 1. The normalized spacial score (nSPS) is 11.3. The number of para-hydroxylation sites is 1. The molecule has 17 heavy (non-hydrogen) atoms. The first kappa shape index (κ1) is 14.2. The van der Waals surface area contributed by atoms with E-state index in [1.165, 1.54) is 0 Å². The maximum absolute atomic E-state index is 11.7. The lowest BCUT2D eigenvalue weighted by molar-refractivity contribution is -0.115. The molecule has 1 aromatic carbocycles. The van der Waals surface area contributed by atoms with E-state index in [1.54, 1.807) is 0 Å². The Balaban J connectivity index is 2.48. The second-order valence-electron chi connectivity index (χ2n) is 4.62. The molecule has 4 heteroatoms. The van der Waals surface area contributed by atoms with Gasteiger partial charge in [0.25, 0.3) is 0 Å². The number of hydrogen-bond acceptors (Lipinski definition) is 2. The van der Waals surface area contributed by atoms with Crippen LogP contribution >= 0.6 is 15.9 Å². The number of anilines is 1. The maximum Gasteiger partial charge on any atom is 0.238 e. The van der Waals surface area contributed by atoms with Gasteiger partial charge in [-0.2, -0.15) is 0 Å². The fourth-order valence-corrected chi connectivity index (χ4v) is 1.59. The molecular formula is C13H19BrN2O. The third-order valence-electron chi connectivity index (χ3n) is 2.76. The molecule has 0 aliphatic heterocycles. The summed E-state index contributed by atoms with van der Waals surface area (Å²) < 4.78 is 0.892. The van der Waals surface area contributed by atoms with Crippen LogP contribution in [0.2, 0.25) is 0 Å². The van der Waals surface area contributed by atoms with Crippen LogP contribution in [0.25, 0.3) is 0 Å².